The van der Waals surface area contributed by atoms with Crippen molar-refractivity contribution in [1.82, 2.24) is 15.5 Å². The van der Waals surface area contributed by atoms with Crippen LogP contribution in [0.5, 0.6) is 5.88 Å². The van der Waals surface area contributed by atoms with E-state index in [1.807, 2.05) is 19.1 Å². The van der Waals surface area contributed by atoms with E-state index in [4.69, 9.17) is 4.74 Å². The van der Waals surface area contributed by atoms with Crippen LogP contribution in [0.4, 0.5) is 0 Å². The fraction of sp³-hybridized carbons (Fsp3) is 0.692. The molecule has 0 bridgehead atoms. The van der Waals surface area contributed by atoms with Gasteiger partial charge in [0.15, 0.2) is 0 Å². The number of rotatable bonds is 7. The highest BCUT2D eigenvalue weighted by Crippen LogP contribution is 2.08. The lowest BCUT2D eigenvalue weighted by molar-refractivity contribution is 0.206. The fourth-order valence-corrected chi connectivity index (χ4v) is 1.28. The Hall–Kier alpha value is -1.16. The smallest absolute Gasteiger partial charge is 0.233 e. The monoisotopic (exact) mass is 237 g/mol. The molecule has 1 rings (SSSR count). The number of hydrogen-bond donors (Lipinski definition) is 1. The van der Waals surface area contributed by atoms with Crippen molar-refractivity contribution in [2.75, 3.05) is 6.54 Å². The van der Waals surface area contributed by atoms with Gasteiger partial charge in [-0.15, -0.1) is 5.10 Å². The Bertz CT molecular complexity index is 311. The van der Waals surface area contributed by atoms with Crippen LogP contribution in [0.1, 0.15) is 39.8 Å². The second kappa shape index (κ2) is 7.22. The molecule has 0 fully saturated rings. The molecular weight excluding hydrogens is 214 g/mol. The van der Waals surface area contributed by atoms with Gasteiger partial charge in [-0.3, -0.25) is 0 Å². The summed E-state index contributed by atoms with van der Waals surface area (Å²) >= 11 is 0. The van der Waals surface area contributed by atoms with Crippen LogP contribution in [0.2, 0.25) is 0 Å². The van der Waals surface area contributed by atoms with Gasteiger partial charge in [-0.2, -0.15) is 5.10 Å². The molecule has 1 aromatic heterocycles. The standard InChI is InChI=1S/C13H23N3O/c1-5-11(4)17-13-7-6-12(15-16-13)9-14-8-10(2)3/h6-7,10-11,14H,5,8-9H2,1-4H3. The summed E-state index contributed by atoms with van der Waals surface area (Å²) in [4.78, 5) is 0. The number of ether oxygens (including phenoxy) is 1. The molecule has 1 unspecified atom stereocenters. The molecule has 1 aromatic rings. The first-order chi connectivity index (χ1) is 8.11. The molecule has 1 heterocycles. The second-order valence-corrected chi connectivity index (χ2v) is 4.72. The lowest BCUT2D eigenvalue weighted by Gasteiger charge is -2.11. The molecule has 1 atom stereocenters. The molecular formula is C13H23N3O. The van der Waals surface area contributed by atoms with Crippen LogP contribution in [0, 0.1) is 5.92 Å². The minimum atomic E-state index is 0.189. The highest BCUT2D eigenvalue weighted by Gasteiger charge is 2.03. The van der Waals surface area contributed by atoms with Crippen molar-refractivity contribution < 1.29 is 4.74 Å². The summed E-state index contributed by atoms with van der Waals surface area (Å²) < 4.78 is 5.57. The molecule has 0 aromatic carbocycles. The Kier molecular flexibility index (Phi) is 5.91. The van der Waals surface area contributed by atoms with Crippen LogP contribution in [0.3, 0.4) is 0 Å². The van der Waals surface area contributed by atoms with Crippen LogP contribution in [0.15, 0.2) is 12.1 Å². The van der Waals surface area contributed by atoms with E-state index in [0.717, 1.165) is 25.2 Å². The third-order valence-corrected chi connectivity index (χ3v) is 2.45. The van der Waals surface area contributed by atoms with E-state index in [1.165, 1.54) is 0 Å². The topological polar surface area (TPSA) is 47.0 Å². The van der Waals surface area contributed by atoms with Gasteiger partial charge < -0.3 is 10.1 Å². The number of nitrogens with one attached hydrogen (secondary N) is 1. The summed E-state index contributed by atoms with van der Waals surface area (Å²) in [7, 11) is 0. The number of nitrogens with zero attached hydrogens (tertiary/aromatic N) is 2. The van der Waals surface area contributed by atoms with Crippen LogP contribution < -0.4 is 10.1 Å². The van der Waals surface area contributed by atoms with E-state index in [9.17, 15) is 0 Å². The van der Waals surface area contributed by atoms with Crippen molar-refractivity contribution >= 4 is 0 Å². The second-order valence-electron chi connectivity index (χ2n) is 4.72. The van der Waals surface area contributed by atoms with E-state index in [0.29, 0.717) is 11.8 Å². The Morgan fingerprint density at radius 1 is 1.24 bits per heavy atom. The lowest BCUT2D eigenvalue weighted by Crippen LogP contribution is -2.20. The maximum atomic E-state index is 5.57. The van der Waals surface area contributed by atoms with Gasteiger partial charge in [-0.05, 0) is 31.9 Å². The minimum Gasteiger partial charge on any atom is -0.474 e. The van der Waals surface area contributed by atoms with E-state index in [2.05, 4.69) is 36.3 Å². The van der Waals surface area contributed by atoms with Crippen LogP contribution >= 0.6 is 0 Å². The molecule has 0 aliphatic rings. The molecule has 4 nitrogen and oxygen atoms in total. The maximum Gasteiger partial charge on any atom is 0.233 e. The normalized spacial score (nSPS) is 12.8. The number of aromatic nitrogens is 2. The summed E-state index contributed by atoms with van der Waals surface area (Å²) in [6.07, 6.45) is 1.16. The van der Waals surface area contributed by atoms with Crippen molar-refractivity contribution in [2.45, 2.75) is 46.8 Å². The Morgan fingerprint density at radius 2 is 2.00 bits per heavy atom. The van der Waals surface area contributed by atoms with Gasteiger partial charge in [0.2, 0.25) is 5.88 Å². The van der Waals surface area contributed by atoms with Crippen LogP contribution in [0.25, 0.3) is 0 Å². The third kappa shape index (κ3) is 5.63. The van der Waals surface area contributed by atoms with Gasteiger partial charge in [0.1, 0.15) is 0 Å². The molecule has 0 saturated carbocycles. The molecule has 4 heteroatoms. The zero-order valence-corrected chi connectivity index (χ0v) is 11.2. The van der Waals surface area contributed by atoms with Crippen molar-refractivity contribution in [2.24, 2.45) is 5.92 Å². The average Bonchev–Trinajstić information content (AvgIpc) is 2.31. The highest BCUT2D eigenvalue weighted by molar-refractivity contribution is 5.11. The van der Waals surface area contributed by atoms with Crippen LogP contribution in [-0.2, 0) is 6.54 Å². The molecule has 0 saturated heterocycles. The molecule has 0 aliphatic heterocycles. The molecule has 0 amide bonds. The van der Waals surface area contributed by atoms with Gasteiger partial charge in [0, 0.05) is 12.6 Å². The zero-order valence-electron chi connectivity index (χ0n) is 11.2. The van der Waals surface area contributed by atoms with E-state index in [-0.39, 0.29) is 6.10 Å². The SMILES string of the molecule is CCC(C)Oc1ccc(CNCC(C)C)nn1. The average molecular weight is 237 g/mol. The van der Waals surface area contributed by atoms with Gasteiger partial charge in [-0.1, -0.05) is 20.8 Å². The van der Waals surface area contributed by atoms with Gasteiger partial charge >= 0.3 is 0 Å². The Morgan fingerprint density at radius 3 is 2.53 bits per heavy atom. The predicted octanol–water partition coefficient (Wildman–Crippen LogP) is 2.40. The van der Waals surface area contributed by atoms with Gasteiger partial charge in [0.05, 0.1) is 11.8 Å². The van der Waals surface area contributed by atoms with Crippen LogP contribution in [-0.4, -0.2) is 22.8 Å². The van der Waals surface area contributed by atoms with Crippen molar-refractivity contribution in [3.63, 3.8) is 0 Å². The zero-order chi connectivity index (χ0) is 12.7. The van der Waals surface area contributed by atoms with E-state index < -0.39 is 0 Å². The molecule has 96 valence electrons. The summed E-state index contributed by atoms with van der Waals surface area (Å²) in [6.45, 7) is 10.2. The summed E-state index contributed by atoms with van der Waals surface area (Å²) in [6, 6.07) is 3.84. The molecule has 1 N–H and O–H groups in total. The summed E-state index contributed by atoms with van der Waals surface area (Å²) in [5, 5.41) is 11.5. The molecule has 17 heavy (non-hydrogen) atoms. The first-order valence-corrected chi connectivity index (χ1v) is 6.31. The molecule has 0 spiro atoms. The first kappa shape index (κ1) is 13.9. The lowest BCUT2D eigenvalue weighted by atomic mass is 10.2. The van der Waals surface area contributed by atoms with E-state index in [1.54, 1.807) is 0 Å². The van der Waals surface area contributed by atoms with Crippen molar-refractivity contribution in [1.29, 1.82) is 0 Å². The predicted molar refractivity (Wildman–Crippen MR) is 69.0 cm³/mol. The summed E-state index contributed by atoms with van der Waals surface area (Å²) in [5.74, 6) is 1.25. The van der Waals surface area contributed by atoms with Gasteiger partial charge in [0.25, 0.3) is 0 Å². The Balaban J connectivity index is 2.39. The molecule has 0 aliphatic carbocycles. The van der Waals surface area contributed by atoms with E-state index >= 15 is 0 Å². The number of hydrogen-bond acceptors (Lipinski definition) is 4. The van der Waals surface area contributed by atoms with Gasteiger partial charge in [-0.25, -0.2) is 0 Å². The minimum absolute atomic E-state index is 0.189. The quantitative estimate of drug-likeness (QED) is 0.791. The fourth-order valence-electron chi connectivity index (χ4n) is 1.28. The highest BCUT2D eigenvalue weighted by atomic mass is 16.5. The molecule has 0 radical (unpaired) electrons. The summed E-state index contributed by atoms with van der Waals surface area (Å²) in [5.41, 5.74) is 0.946. The Labute approximate surface area is 104 Å². The van der Waals surface area contributed by atoms with Crippen molar-refractivity contribution in [3.8, 4) is 5.88 Å². The largest absolute Gasteiger partial charge is 0.474 e. The first-order valence-electron chi connectivity index (χ1n) is 6.31. The van der Waals surface area contributed by atoms with Crippen molar-refractivity contribution in [3.05, 3.63) is 17.8 Å². The maximum absolute atomic E-state index is 5.57. The third-order valence-electron chi connectivity index (χ3n) is 2.45.